The van der Waals surface area contributed by atoms with Gasteiger partial charge in [-0.2, -0.15) is 0 Å². The maximum atomic E-state index is 5.27. The van der Waals surface area contributed by atoms with Gasteiger partial charge in [-0.3, -0.25) is 0 Å². The first-order chi connectivity index (χ1) is 4.38. The van der Waals surface area contributed by atoms with Crippen LogP contribution in [0.1, 0.15) is 13.3 Å². The maximum Gasteiger partial charge on any atom is 0.205 e. The van der Waals surface area contributed by atoms with Crippen LogP contribution in [0.2, 0.25) is 0 Å². The Bertz CT molecular complexity index is 151. The van der Waals surface area contributed by atoms with Crippen molar-refractivity contribution in [3.05, 3.63) is 11.8 Å². The lowest BCUT2D eigenvalue weighted by Crippen LogP contribution is -2.11. The second-order valence-corrected chi connectivity index (χ2v) is 2.63. The van der Waals surface area contributed by atoms with Gasteiger partial charge in [0.1, 0.15) is 0 Å². The van der Waals surface area contributed by atoms with Gasteiger partial charge in [-0.1, -0.05) is 0 Å². The van der Waals surface area contributed by atoms with Crippen LogP contribution >= 0.6 is 0 Å². The van der Waals surface area contributed by atoms with Crippen molar-refractivity contribution in [1.82, 2.24) is 0 Å². The monoisotopic (exact) mass is 126 g/mol. The summed E-state index contributed by atoms with van der Waals surface area (Å²) in [4.78, 5) is 0. The quantitative estimate of drug-likeness (QED) is 0.486. The standard InChI is InChI=1S/C7H10O2/c1-5-4-9-7-6(5)2-3-8-7/h4,6-7H,2-3H2,1H3. The van der Waals surface area contributed by atoms with Crippen LogP contribution in [0.25, 0.3) is 0 Å². The van der Waals surface area contributed by atoms with Gasteiger partial charge in [-0.05, 0) is 18.9 Å². The summed E-state index contributed by atoms with van der Waals surface area (Å²) in [7, 11) is 0. The molecule has 2 heterocycles. The zero-order valence-electron chi connectivity index (χ0n) is 5.46. The summed E-state index contributed by atoms with van der Waals surface area (Å²) in [5, 5.41) is 0. The van der Waals surface area contributed by atoms with Crippen LogP contribution in [0.5, 0.6) is 0 Å². The molecular formula is C7H10O2. The molecule has 1 saturated heterocycles. The number of fused-ring (bicyclic) bond motifs is 1. The lowest BCUT2D eigenvalue weighted by Gasteiger charge is -2.07. The Kier molecular flexibility index (Phi) is 1.02. The summed E-state index contributed by atoms with van der Waals surface area (Å²) < 4.78 is 10.5. The maximum absolute atomic E-state index is 5.27. The van der Waals surface area contributed by atoms with Gasteiger partial charge in [0.2, 0.25) is 6.29 Å². The second kappa shape index (κ2) is 1.74. The molecule has 0 N–H and O–H groups in total. The van der Waals surface area contributed by atoms with Gasteiger partial charge in [0, 0.05) is 5.92 Å². The molecule has 9 heavy (non-hydrogen) atoms. The molecule has 0 aliphatic carbocycles. The van der Waals surface area contributed by atoms with Crippen LogP contribution in [0.3, 0.4) is 0 Å². The zero-order valence-corrected chi connectivity index (χ0v) is 5.46. The van der Waals surface area contributed by atoms with Gasteiger partial charge in [-0.25, -0.2) is 0 Å². The van der Waals surface area contributed by atoms with Crippen LogP contribution in [-0.2, 0) is 9.47 Å². The molecule has 2 rings (SSSR count). The SMILES string of the molecule is CC1=COC2OCCC12. The molecule has 50 valence electrons. The molecule has 0 radical (unpaired) electrons. The average molecular weight is 126 g/mol. The summed E-state index contributed by atoms with van der Waals surface area (Å²) in [6.07, 6.45) is 3.01. The van der Waals surface area contributed by atoms with E-state index in [1.807, 2.05) is 6.26 Å². The van der Waals surface area contributed by atoms with E-state index in [0.717, 1.165) is 13.0 Å². The lowest BCUT2D eigenvalue weighted by molar-refractivity contribution is -0.0692. The van der Waals surface area contributed by atoms with E-state index >= 15 is 0 Å². The molecule has 2 unspecified atom stereocenters. The van der Waals surface area contributed by atoms with E-state index in [1.165, 1.54) is 5.57 Å². The Labute approximate surface area is 54.5 Å². The van der Waals surface area contributed by atoms with Crippen LogP contribution < -0.4 is 0 Å². The topological polar surface area (TPSA) is 18.5 Å². The van der Waals surface area contributed by atoms with Gasteiger partial charge in [0.05, 0.1) is 12.9 Å². The van der Waals surface area contributed by atoms with Gasteiger partial charge >= 0.3 is 0 Å². The fourth-order valence-corrected chi connectivity index (χ4v) is 1.40. The van der Waals surface area contributed by atoms with E-state index in [-0.39, 0.29) is 6.29 Å². The molecule has 2 nitrogen and oxygen atoms in total. The summed E-state index contributed by atoms with van der Waals surface area (Å²) in [6.45, 7) is 2.96. The summed E-state index contributed by atoms with van der Waals surface area (Å²) >= 11 is 0. The molecule has 2 atom stereocenters. The minimum Gasteiger partial charge on any atom is -0.472 e. The molecular weight excluding hydrogens is 116 g/mol. The highest BCUT2D eigenvalue weighted by atomic mass is 16.7. The minimum absolute atomic E-state index is 0.0602. The van der Waals surface area contributed by atoms with E-state index in [0.29, 0.717) is 5.92 Å². The van der Waals surface area contributed by atoms with Crippen LogP contribution in [0.15, 0.2) is 11.8 Å². The molecule has 1 fully saturated rings. The third-order valence-corrected chi connectivity index (χ3v) is 2.01. The molecule has 0 aromatic heterocycles. The molecule has 2 aliphatic heterocycles. The smallest absolute Gasteiger partial charge is 0.205 e. The Balaban J connectivity index is 2.16. The number of hydrogen-bond acceptors (Lipinski definition) is 2. The Morgan fingerprint density at radius 1 is 1.67 bits per heavy atom. The average Bonchev–Trinajstić information content (AvgIpc) is 2.35. The molecule has 2 heteroatoms. The van der Waals surface area contributed by atoms with E-state index in [9.17, 15) is 0 Å². The first kappa shape index (κ1) is 5.30. The van der Waals surface area contributed by atoms with Crippen LogP contribution in [0, 0.1) is 5.92 Å². The van der Waals surface area contributed by atoms with E-state index in [1.54, 1.807) is 0 Å². The first-order valence-electron chi connectivity index (χ1n) is 3.31. The lowest BCUT2D eigenvalue weighted by atomic mass is 10.0. The third-order valence-electron chi connectivity index (χ3n) is 2.01. The van der Waals surface area contributed by atoms with Crippen molar-refractivity contribution in [2.75, 3.05) is 6.61 Å². The Morgan fingerprint density at radius 2 is 2.56 bits per heavy atom. The van der Waals surface area contributed by atoms with Crippen LogP contribution in [-0.4, -0.2) is 12.9 Å². The van der Waals surface area contributed by atoms with E-state index in [4.69, 9.17) is 9.47 Å². The van der Waals surface area contributed by atoms with Crippen LogP contribution in [0.4, 0.5) is 0 Å². The largest absolute Gasteiger partial charge is 0.472 e. The van der Waals surface area contributed by atoms with Gasteiger partial charge in [0.25, 0.3) is 0 Å². The van der Waals surface area contributed by atoms with Gasteiger partial charge < -0.3 is 9.47 Å². The van der Waals surface area contributed by atoms with Crippen molar-refractivity contribution in [2.24, 2.45) is 5.92 Å². The number of rotatable bonds is 0. The zero-order chi connectivity index (χ0) is 6.27. The third kappa shape index (κ3) is 0.663. The predicted molar refractivity (Wildman–Crippen MR) is 32.7 cm³/mol. The van der Waals surface area contributed by atoms with Gasteiger partial charge in [0.15, 0.2) is 0 Å². The van der Waals surface area contributed by atoms with Crippen molar-refractivity contribution in [1.29, 1.82) is 0 Å². The number of hydrogen-bond donors (Lipinski definition) is 0. The summed E-state index contributed by atoms with van der Waals surface area (Å²) in [5.41, 5.74) is 1.33. The molecule has 0 aromatic rings. The Morgan fingerprint density at radius 3 is 3.33 bits per heavy atom. The summed E-state index contributed by atoms with van der Waals surface area (Å²) in [6, 6.07) is 0. The van der Waals surface area contributed by atoms with Crippen molar-refractivity contribution in [3.63, 3.8) is 0 Å². The Hall–Kier alpha value is -0.500. The van der Waals surface area contributed by atoms with E-state index < -0.39 is 0 Å². The van der Waals surface area contributed by atoms with Crippen molar-refractivity contribution in [3.8, 4) is 0 Å². The molecule has 0 spiro atoms. The van der Waals surface area contributed by atoms with Crippen molar-refractivity contribution < 1.29 is 9.47 Å². The molecule has 0 bridgehead atoms. The highest BCUT2D eigenvalue weighted by Crippen LogP contribution is 2.33. The highest BCUT2D eigenvalue weighted by Gasteiger charge is 2.34. The first-order valence-corrected chi connectivity index (χ1v) is 3.31. The normalized spacial score (nSPS) is 39.9. The highest BCUT2D eigenvalue weighted by molar-refractivity contribution is 5.07. The fraction of sp³-hybridized carbons (Fsp3) is 0.714. The molecule has 0 aromatic carbocycles. The second-order valence-electron chi connectivity index (χ2n) is 2.63. The minimum atomic E-state index is 0.0602. The molecule has 0 amide bonds. The molecule has 0 saturated carbocycles. The van der Waals surface area contributed by atoms with Gasteiger partial charge in [-0.15, -0.1) is 0 Å². The van der Waals surface area contributed by atoms with E-state index in [2.05, 4.69) is 6.92 Å². The predicted octanol–water partition coefficient (Wildman–Crippen LogP) is 1.28. The van der Waals surface area contributed by atoms with Crippen molar-refractivity contribution >= 4 is 0 Å². The van der Waals surface area contributed by atoms with Crippen molar-refractivity contribution in [2.45, 2.75) is 19.6 Å². The fourth-order valence-electron chi connectivity index (χ4n) is 1.40. The number of ether oxygens (including phenoxy) is 2. The summed E-state index contributed by atoms with van der Waals surface area (Å²) in [5.74, 6) is 0.560. The molecule has 2 aliphatic rings.